The minimum atomic E-state index is -1.22. The molecule has 5 amide bonds. The monoisotopic (exact) mass is 716 g/mol. The summed E-state index contributed by atoms with van der Waals surface area (Å²) in [7, 11) is 0. The second-order valence-electron chi connectivity index (χ2n) is 13.2. The lowest BCUT2D eigenvalue weighted by atomic mass is 10.0. The van der Waals surface area contributed by atoms with E-state index in [2.05, 4.69) is 16.0 Å². The summed E-state index contributed by atoms with van der Waals surface area (Å²) >= 11 is 0. The molecule has 0 spiro atoms. The molecule has 0 saturated heterocycles. The lowest BCUT2D eigenvalue weighted by molar-refractivity contribution is -0.148. The number of nitrogens with one attached hydrogen (secondary N) is 3. The highest BCUT2D eigenvalue weighted by Gasteiger charge is 2.33. The summed E-state index contributed by atoms with van der Waals surface area (Å²) in [6, 6.07) is 1.73. The quantitative estimate of drug-likeness (QED) is 0.0765. The van der Waals surface area contributed by atoms with Crippen molar-refractivity contribution < 1.29 is 39.0 Å². The Kier molecular flexibility index (Phi) is 18.7. The van der Waals surface area contributed by atoms with Crippen molar-refractivity contribution in [3.05, 3.63) is 42.0 Å². The summed E-state index contributed by atoms with van der Waals surface area (Å²) in [5.74, 6) is -4.29. The molecule has 1 aliphatic rings. The number of phenolic OH excluding ortho intramolecular Hbond substituents is 1. The number of unbranched alkanes of at least 4 members (excludes halogenated alkanes) is 2. The number of phenols is 1. The van der Waals surface area contributed by atoms with Crippen LogP contribution in [0.15, 0.2) is 36.4 Å². The zero-order valence-electron chi connectivity index (χ0n) is 29.7. The van der Waals surface area contributed by atoms with Gasteiger partial charge in [0.1, 0.15) is 37.0 Å². The molecule has 0 radical (unpaired) electrons. The first-order chi connectivity index (χ1) is 24.2. The Bertz CT molecular complexity index is 1340. The van der Waals surface area contributed by atoms with Crippen molar-refractivity contribution in [2.45, 2.75) is 95.9 Å². The van der Waals surface area contributed by atoms with Gasteiger partial charge in [-0.05, 0) is 88.1 Å². The van der Waals surface area contributed by atoms with Gasteiger partial charge in [0.25, 0.3) is 0 Å². The SMILES string of the molecule is CC(C)CN(CC(=O)O)C(=O)CN(Cc1ccc(O)cc1)C(=O)[C@@H]1C/C=C/C[C@H](N)C(=O)N[C@@H](CCCCN)C(=O)N[C@@H](CCCCN)C(=O)N1. The Morgan fingerprint density at radius 3 is 1.90 bits per heavy atom. The Labute approximate surface area is 299 Å². The van der Waals surface area contributed by atoms with Crippen LogP contribution < -0.4 is 33.2 Å². The number of aliphatic carboxylic acids is 1. The predicted octanol–water partition coefficient (Wildman–Crippen LogP) is -0.320. The van der Waals surface area contributed by atoms with E-state index >= 15 is 0 Å². The Morgan fingerprint density at radius 1 is 0.804 bits per heavy atom. The van der Waals surface area contributed by atoms with E-state index in [9.17, 15) is 39.0 Å². The molecule has 16 heteroatoms. The number of aromatic hydroxyl groups is 1. The fourth-order valence-electron chi connectivity index (χ4n) is 5.53. The van der Waals surface area contributed by atoms with Crippen molar-refractivity contribution in [2.75, 3.05) is 32.7 Å². The average Bonchev–Trinajstić information content (AvgIpc) is 3.07. The molecule has 1 aliphatic heterocycles. The van der Waals surface area contributed by atoms with Gasteiger partial charge in [-0.25, -0.2) is 0 Å². The van der Waals surface area contributed by atoms with Crippen molar-refractivity contribution in [3.63, 3.8) is 0 Å². The fourth-order valence-corrected chi connectivity index (χ4v) is 5.53. The van der Waals surface area contributed by atoms with Crippen LogP contribution >= 0.6 is 0 Å². The van der Waals surface area contributed by atoms with E-state index in [4.69, 9.17) is 17.2 Å². The van der Waals surface area contributed by atoms with Gasteiger partial charge in [0, 0.05) is 13.1 Å². The van der Waals surface area contributed by atoms with Crippen LogP contribution in [0.3, 0.4) is 0 Å². The highest BCUT2D eigenvalue weighted by atomic mass is 16.4. The smallest absolute Gasteiger partial charge is 0.323 e. The van der Waals surface area contributed by atoms with Gasteiger partial charge >= 0.3 is 5.97 Å². The molecule has 16 nitrogen and oxygen atoms in total. The lowest BCUT2D eigenvalue weighted by Crippen LogP contribution is -2.58. The van der Waals surface area contributed by atoms with Gasteiger partial charge in [-0.15, -0.1) is 0 Å². The molecule has 0 bridgehead atoms. The molecule has 0 fully saturated rings. The van der Waals surface area contributed by atoms with Crippen LogP contribution in [-0.2, 0) is 35.3 Å². The lowest BCUT2D eigenvalue weighted by Gasteiger charge is -2.31. The van der Waals surface area contributed by atoms with E-state index in [1.165, 1.54) is 17.0 Å². The first kappa shape index (κ1) is 42.6. The van der Waals surface area contributed by atoms with E-state index in [0.717, 1.165) is 4.90 Å². The Morgan fingerprint density at radius 2 is 1.35 bits per heavy atom. The number of benzene rings is 1. The summed E-state index contributed by atoms with van der Waals surface area (Å²) < 4.78 is 0. The number of carbonyl (C=O) groups is 6. The van der Waals surface area contributed by atoms with Gasteiger partial charge in [0.05, 0.1) is 6.04 Å². The van der Waals surface area contributed by atoms with Crippen LogP contribution in [-0.4, -0.2) is 112 Å². The van der Waals surface area contributed by atoms with E-state index in [1.807, 2.05) is 13.8 Å². The third-order valence-corrected chi connectivity index (χ3v) is 8.25. The molecule has 0 unspecified atom stereocenters. The molecule has 11 N–H and O–H groups in total. The molecule has 1 aromatic rings. The predicted molar refractivity (Wildman–Crippen MR) is 191 cm³/mol. The molecule has 0 aliphatic carbocycles. The average molecular weight is 717 g/mol. The number of amides is 5. The molecule has 4 atom stereocenters. The van der Waals surface area contributed by atoms with Gasteiger partial charge in [-0.1, -0.05) is 38.1 Å². The first-order valence-electron chi connectivity index (χ1n) is 17.5. The third kappa shape index (κ3) is 15.5. The van der Waals surface area contributed by atoms with E-state index < -0.39 is 72.8 Å². The highest BCUT2D eigenvalue weighted by molar-refractivity contribution is 5.95. The van der Waals surface area contributed by atoms with Gasteiger partial charge < -0.3 is 53.2 Å². The molecular formula is C35H56N8O8. The minimum absolute atomic E-state index is 0.00283. The van der Waals surface area contributed by atoms with Crippen LogP contribution in [0.4, 0.5) is 0 Å². The third-order valence-electron chi connectivity index (χ3n) is 8.25. The number of rotatable bonds is 17. The number of hydrogen-bond donors (Lipinski definition) is 8. The molecular weight excluding hydrogens is 660 g/mol. The number of carbonyl (C=O) groups excluding carboxylic acids is 5. The fraction of sp³-hybridized carbons (Fsp3) is 0.600. The second-order valence-corrected chi connectivity index (χ2v) is 13.2. The Hall–Kier alpha value is -4.54. The summed E-state index contributed by atoms with van der Waals surface area (Å²) in [6.07, 6.45) is 5.94. The van der Waals surface area contributed by atoms with Crippen molar-refractivity contribution in [2.24, 2.45) is 23.1 Å². The molecule has 2 rings (SSSR count). The summed E-state index contributed by atoms with van der Waals surface area (Å²) in [5, 5.41) is 27.5. The highest BCUT2D eigenvalue weighted by Crippen LogP contribution is 2.15. The number of nitrogens with two attached hydrogens (primary N) is 3. The van der Waals surface area contributed by atoms with Crippen molar-refractivity contribution >= 4 is 35.5 Å². The largest absolute Gasteiger partial charge is 0.508 e. The van der Waals surface area contributed by atoms with E-state index in [0.29, 0.717) is 44.3 Å². The Balaban J connectivity index is 2.52. The van der Waals surface area contributed by atoms with Crippen LogP contribution in [0.5, 0.6) is 5.75 Å². The molecule has 1 heterocycles. The molecule has 51 heavy (non-hydrogen) atoms. The summed E-state index contributed by atoms with van der Waals surface area (Å²) in [4.78, 5) is 82.2. The van der Waals surface area contributed by atoms with Gasteiger partial charge in [0.15, 0.2) is 0 Å². The molecule has 0 aromatic heterocycles. The maximum atomic E-state index is 14.3. The van der Waals surface area contributed by atoms with Crippen LogP contribution in [0.2, 0.25) is 0 Å². The van der Waals surface area contributed by atoms with Gasteiger partial charge in [0.2, 0.25) is 29.5 Å². The van der Waals surface area contributed by atoms with Crippen molar-refractivity contribution in [3.8, 4) is 5.75 Å². The first-order valence-corrected chi connectivity index (χ1v) is 17.5. The molecule has 284 valence electrons. The summed E-state index contributed by atoms with van der Waals surface area (Å²) in [5.41, 5.74) is 18.0. The zero-order chi connectivity index (χ0) is 37.9. The van der Waals surface area contributed by atoms with Crippen molar-refractivity contribution in [1.29, 1.82) is 0 Å². The number of hydrogen-bond acceptors (Lipinski definition) is 10. The van der Waals surface area contributed by atoms with Crippen LogP contribution in [0.25, 0.3) is 0 Å². The molecule has 1 aromatic carbocycles. The standard InChI is InChI=1S/C35H56N8O8/c1-23(2)19-42(22-31(46)47)30(45)21-43(20-24-13-15-25(44)16-14-24)35(51)29-12-4-3-9-26(38)32(48)39-27(10-5-7-17-36)33(49)40-28(34(50)41-29)11-6-8-18-37/h3-4,13-16,23,26-29,44H,5-12,17-22,36-38H2,1-2H3,(H,39,48)(H,40,49)(H,41,50)(H,46,47)/b4-3+/t26-,27-,28-,29-/m0/s1. The second kappa shape index (κ2) is 22.3. The maximum absolute atomic E-state index is 14.3. The van der Waals surface area contributed by atoms with Crippen LogP contribution in [0.1, 0.15) is 70.8 Å². The maximum Gasteiger partial charge on any atom is 0.323 e. The molecule has 0 saturated carbocycles. The summed E-state index contributed by atoms with van der Waals surface area (Å²) in [6.45, 7) is 3.40. The normalized spacial score (nSPS) is 20.8. The van der Waals surface area contributed by atoms with Gasteiger partial charge in [-0.3, -0.25) is 28.8 Å². The zero-order valence-corrected chi connectivity index (χ0v) is 29.7. The van der Waals surface area contributed by atoms with Crippen LogP contribution in [0, 0.1) is 5.92 Å². The number of nitrogens with zero attached hydrogens (tertiary/aromatic N) is 2. The number of carboxylic acids is 1. The van der Waals surface area contributed by atoms with E-state index in [-0.39, 0.29) is 50.4 Å². The topological polar surface area (TPSA) is 264 Å². The van der Waals surface area contributed by atoms with E-state index in [1.54, 1.807) is 24.3 Å². The number of carboxylic acid groups (broad SMARTS) is 1. The van der Waals surface area contributed by atoms with Crippen molar-refractivity contribution in [1.82, 2.24) is 25.8 Å². The minimum Gasteiger partial charge on any atom is -0.508 e. The van der Waals surface area contributed by atoms with Gasteiger partial charge in [-0.2, -0.15) is 0 Å².